The fraction of sp³-hybridized carbons (Fsp3) is 0.222. The molecule has 0 bridgehead atoms. The second kappa shape index (κ2) is 6.68. The van der Waals surface area contributed by atoms with E-state index in [1.165, 1.54) is 41.6 Å². The lowest BCUT2D eigenvalue weighted by Gasteiger charge is -2.35. The van der Waals surface area contributed by atoms with Gasteiger partial charge in [0, 0.05) is 17.5 Å². The van der Waals surface area contributed by atoms with E-state index in [-0.39, 0.29) is 17.7 Å². The molecule has 1 aromatic heterocycles. The third-order valence-electron chi connectivity index (χ3n) is 4.36. The Morgan fingerprint density at radius 2 is 1.88 bits per heavy atom. The first-order valence-electron chi connectivity index (χ1n) is 7.66. The molecule has 1 N–H and O–H groups in total. The Hall–Kier alpha value is -2.67. The molecule has 2 unspecified atom stereocenters. The summed E-state index contributed by atoms with van der Waals surface area (Å²) >= 11 is 0. The number of halogens is 3. The highest BCUT2D eigenvalue weighted by Crippen LogP contribution is 2.40. The largest absolute Gasteiger partial charge is 0.382 e. The van der Waals surface area contributed by atoms with Gasteiger partial charge >= 0.3 is 0 Å². The highest BCUT2D eigenvalue weighted by molar-refractivity contribution is 5.32. The van der Waals surface area contributed by atoms with E-state index in [1.807, 2.05) is 0 Å². The number of aliphatic hydroxyl groups is 1. The van der Waals surface area contributed by atoms with Gasteiger partial charge in [-0.2, -0.15) is 5.10 Å². The minimum absolute atomic E-state index is 0.00160. The van der Waals surface area contributed by atoms with Crippen LogP contribution in [0.3, 0.4) is 0 Å². The van der Waals surface area contributed by atoms with Gasteiger partial charge in [0.25, 0.3) is 0 Å². The summed E-state index contributed by atoms with van der Waals surface area (Å²) in [4.78, 5) is 3.81. The molecule has 0 amide bonds. The van der Waals surface area contributed by atoms with Crippen LogP contribution in [-0.2, 0) is 12.1 Å². The van der Waals surface area contributed by atoms with Crippen LogP contribution in [0.4, 0.5) is 13.2 Å². The molecule has 0 saturated carbocycles. The lowest BCUT2D eigenvalue weighted by atomic mass is 9.78. The maximum Gasteiger partial charge on any atom is 0.137 e. The molecule has 0 fully saturated rings. The molecule has 130 valence electrons. The normalized spacial score (nSPS) is 14.9. The number of aromatic nitrogens is 3. The Morgan fingerprint density at radius 3 is 2.52 bits per heavy atom. The van der Waals surface area contributed by atoms with Crippen LogP contribution < -0.4 is 0 Å². The third kappa shape index (κ3) is 3.28. The number of nitrogens with zero attached hydrogens (tertiary/aromatic N) is 3. The molecule has 2 aromatic carbocycles. The summed E-state index contributed by atoms with van der Waals surface area (Å²) in [6, 6.07) is 8.83. The molecule has 0 aliphatic heterocycles. The van der Waals surface area contributed by atoms with Gasteiger partial charge in [-0.1, -0.05) is 31.2 Å². The second-order valence-corrected chi connectivity index (χ2v) is 5.88. The average Bonchev–Trinajstić information content (AvgIpc) is 3.07. The van der Waals surface area contributed by atoms with Crippen molar-refractivity contribution in [3.63, 3.8) is 0 Å². The van der Waals surface area contributed by atoms with Crippen LogP contribution in [0.1, 0.15) is 24.0 Å². The molecule has 3 aromatic rings. The van der Waals surface area contributed by atoms with Crippen LogP contribution in [0.2, 0.25) is 0 Å². The van der Waals surface area contributed by atoms with Crippen LogP contribution >= 0.6 is 0 Å². The van der Waals surface area contributed by atoms with Crippen LogP contribution in [-0.4, -0.2) is 19.9 Å². The summed E-state index contributed by atoms with van der Waals surface area (Å²) in [6.45, 7) is 1.41. The number of rotatable bonds is 5. The maximum atomic E-state index is 14.4. The van der Waals surface area contributed by atoms with Crippen molar-refractivity contribution >= 4 is 0 Å². The van der Waals surface area contributed by atoms with Crippen molar-refractivity contribution in [1.29, 1.82) is 0 Å². The third-order valence-corrected chi connectivity index (χ3v) is 4.36. The molecule has 7 heteroatoms. The molecule has 0 spiro atoms. The van der Waals surface area contributed by atoms with Gasteiger partial charge in [-0.15, -0.1) is 0 Å². The maximum absolute atomic E-state index is 14.4. The molecule has 0 radical (unpaired) electrons. The minimum Gasteiger partial charge on any atom is -0.382 e. The van der Waals surface area contributed by atoms with Crippen molar-refractivity contribution in [2.45, 2.75) is 25.0 Å². The van der Waals surface area contributed by atoms with Crippen molar-refractivity contribution in [2.24, 2.45) is 0 Å². The summed E-state index contributed by atoms with van der Waals surface area (Å²) in [7, 11) is 0. The highest BCUT2D eigenvalue weighted by atomic mass is 19.1. The summed E-state index contributed by atoms with van der Waals surface area (Å²) in [6.07, 6.45) is 2.66. The predicted octanol–water partition coefficient (Wildman–Crippen LogP) is 3.39. The van der Waals surface area contributed by atoms with E-state index < -0.39 is 29.0 Å². The average molecular weight is 347 g/mol. The van der Waals surface area contributed by atoms with E-state index in [4.69, 9.17) is 0 Å². The van der Waals surface area contributed by atoms with E-state index in [0.717, 1.165) is 12.1 Å². The number of hydrogen-bond acceptors (Lipinski definition) is 3. The fourth-order valence-corrected chi connectivity index (χ4v) is 2.94. The highest BCUT2D eigenvalue weighted by Gasteiger charge is 2.40. The summed E-state index contributed by atoms with van der Waals surface area (Å²) in [5, 5.41) is 15.3. The zero-order valence-electron chi connectivity index (χ0n) is 13.4. The monoisotopic (exact) mass is 347 g/mol. The Morgan fingerprint density at radius 1 is 1.12 bits per heavy atom. The SMILES string of the molecule is CC(c1ccc(F)cc1F)C(O)(Cn1cncn1)c1ccccc1F. The first-order valence-corrected chi connectivity index (χ1v) is 7.66. The second-order valence-electron chi connectivity index (χ2n) is 5.88. The molecular weight excluding hydrogens is 331 g/mol. The standard InChI is InChI=1S/C18H16F3N3O/c1-12(14-7-6-13(19)8-17(14)21)18(25,9-24-11-22-10-23-24)15-4-2-3-5-16(15)20/h2-8,10-12,25H,9H2,1H3. The van der Waals surface area contributed by atoms with Crippen molar-refractivity contribution in [1.82, 2.24) is 14.8 Å². The van der Waals surface area contributed by atoms with Crippen molar-refractivity contribution in [3.8, 4) is 0 Å². The van der Waals surface area contributed by atoms with E-state index in [9.17, 15) is 18.3 Å². The lowest BCUT2D eigenvalue weighted by Crippen LogP contribution is -2.38. The van der Waals surface area contributed by atoms with Gasteiger partial charge in [-0.05, 0) is 17.7 Å². The molecule has 0 saturated heterocycles. The van der Waals surface area contributed by atoms with Crippen molar-refractivity contribution in [2.75, 3.05) is 0 Å². The fourth-order valence-electron chi connectivity index (χ4n) is 2.94. The Bertz CT molecular complexity index is 870. The van der Waals surface area contributed by atoms with Gasteiger partial charge in [0.15, 0.2) is 0 Å². The number of hydrogen-bond donors (Lipinski definition) is 1. The summed E-state index contributed by atoms with van der Waals surface area (Å²) in [5.41, 5.74) is -1.74. The summed E-state index contributed by atoms with van der Waals surface area (Å²) in [5.74, 6) is -3.03. The van der Waals surface area contributed by atoms with Crippen LogP contribution in [0.15, 0.2) is 55.1 Å². The smallest absolute Gasteiger partial charge is 0.137 e. The van der Waals surface area contributed by atoms with E-state index in [0.29, 0.717) is 0 Å². The van der Waals surface area contributed by atoms with Crippen LogP contribution in [0.25, 0.3) is 0 Å². The Kier molecular flexibility index (Phi) is 4.59. The molecular formula is C18H16F3N3O. The van der Waals surface area contributed by atoms with Gasteiger partial charge in [-0.3, -0.25) is 0 Å². The van der Waals surface area contributed by atoms with Gasteiger partial charge in [0.05, 0.1) is 6.54 Å². The topological polar surface area (TPSA) is 50.9 Å². The van der Waals surface area contributed by atoms with Gasteiger partial charge < -0.3 is 5.11 Å². The van der Waals surface area contributed by atoms with E-state index in [1.54, 1.807) is 13.0 Å². The first-order chi connectivity index (χ1) is 11.9. The lowest BCUT2D eigenvalue weighted by molar-refractivity contribution is -0.0120. The van der Waals surface area contributed by atoms with Crippen molar-refractivity contribution < 1.29 is 18.3 Å². The summed E-state index contributed by atoms with van der Waals surface area (Å²) < 4.78 is 43.2. The zero-order valence-corrected chi connectivity index (χ0v) is 13.4. The Labute approximate surface area is 142 Å². The van der Waals surface area contributed by atoms with Crippen LogP contribution in [0.5, 0.6) is 0 Å². The van der Waals surface area contributed by atoms with Crippen molar-refractivity contribution in [3.05, 3.63) is 83.7 Å². The van der Waals surface area contributed by atoms with Crippen LogP contribution in [0, 0.1) is 17.5 Å². The molecule has 1 heterocycles. The molecule has 3 rings (SSSR count). The van der Waals surface area contributed by atoms with E-state index in [2.05, 4.69) is 10.1 Å². The molecule has 4 nitrogen and oxygen atoms in total. The molecule has 0 aliphatic rings. The number of benzene rings is 2. The molecule has 0 aliphatic carbocycles. The molecule has 25 heavy (non-hydrogen) atoms. The Balaban J connectivity index is 2.11. The molecule has 2 atom stereocenters. The predicted molar refractivity (Wildman–Crippen MR) is 85.1 cm³/mol. The zero-order chi connectivity index (χ0) is 18.0. The van der Waals surface area contributed by atoms with Gasteiger partial charge in [0.2, 0.25) is 0 Å². The first kappa shape index (κ1) is 17.2. The van der Waals surface area contributed by atoms with Gasteiger partial charge in [-0.25, -0.2) is 22.8 Å². The minimum atomic E-state index is -1.82. The quantitative estimate of drug-likeness (QED) is 0.770. The van der Waals surface area contributed by atoms with Gasteiger partial charge in [0.1, 0.15) is 35.7 Å². The van der Waals surface area contributed by atoms with E-state index >= 15 is 0 Å².